The van der Waals surface area contributed by atoms with Crippen molar-refractivity contribution >= 4 is 63.0 Å². The van der Waals surface area contributed by atoms with Crippen LogP contribution in [0.4, 0.5) is 5.69 Å². The van der Waals surface area contributed by atoms with Crippen LogP contribution >= 0.6 is 0 Å². The van der Waals surface area contributed by atoms with Crippen molar-refractivity contribution in [2.45, 2.75) is 6.42 Å². The van der Waals surface area contributed by atoms with Gasteiger partial charge in [0, 0.05) is 53.5 Å². The molecule has 2 amide bonds. The van der Waals surface area contributed by atoms with Gasteiger partial charge >= 0.3 is 17.9 Å². The molecule has 1 aliphatic heterocycles. The summed E-state index contributed by atoms with van der Waals surface area (Å²) in [6.07, 6.45) is 7.70. The van der Waals surface area contributed by atoms with E-state index in [1.54, 1.807) is 24.5 Å². The first-order valence-corrected chi connectivity index (χ1v) is 15.5. The van der Waals surface area contributed by atoms with Gasteiger partial charge in [-0.1, -0.05) is 48.5 Å². The van der Waals surface area contributed by atoms with Gasteiger partial charge in [0.25, 0.3) is 11.8 Å². The summed E-state index contributed by atoms with van der Waals surface area (Å²) in [5, 5.41) is 10.4. The van der Waals surface area contributed by atoms with Gasteiger partial charge in [-0.15, -0.1) is 0 Å². The number of aliphatic carboxylic acids is 1. The number of carboxylic acids is 1. The van der Waals surface area contributed by atoms with Crippen LogP contribution in [0.1, 0.15) is 26.3 Å². The molecule has 260 valence electrons. The second kappa shape index (κ2) is 15.8. The van der Waals surface area contributed by atoms with Crippen LogP contribution in [0.25, 0.3) is 44.1 Å². The van der Waals surface area contributed by atoms with Crippen LogP contribution in [0.2, 0.25) is 0 Å². The number of hydrogen-bond acceptors (Lipinski definition) is 8. The minimum absolute atomic E-state index is 0.104. The highest BCUT2D eigenvalue weighted by atomic mass is 16.6. The zero-order chi connectivity index (χ0) is 37.4. The standard InChI is InChI=1S/C20H16N2O4.C15H13N3O.C4H2O3/c21-20(26)17-6-5-15(16-8-9-22-19(16)17)13-3-1-2-12(10-13)11-14(23)4-7-18(24)25;16-10-3-1-2-9(8-10)11-4-5-13(15(17)19)14-12(11)6-7-18-14;5-3-1-2-4(6)7-3/h1-10,22H,11H2,(H2,21,26)(H,24,25);1-8,18H,16H2,(H2,17,19);1-2H/b7-4-;;. The summed E-state index contributed by atoms with van der Waals surface area (Å²) in [5.41, 5.74) is 24.2. The number of nitrogens with two attached hydrogens (primary N) is 3. The molecule has 4 aromatic carbocycles. The molecular weight excluding hydrogens is 666 g/mol. The number of aromatic nitrogens is 2. The van der Waals surface area contributed by atoms with Gasteiger partial charge in [0.05, 0.1) is 22.2 Å². The fourth-order valence-corrected chi connectivity index (χ4v) is 5.51. The molecule has 0 saturated carbocycles. The lowest BCUT2D eigenvalue weighted by atomic mass is 9.96. The number of esters is 2. The van der Waals surface area contributed by atoms with Gasteiger partial charge in [-0.2, -0.15) is 0 Å². The van der Waals surface area contributed by atoms with Crippen LogP contribution in [-0.4, -0.2) is 50.6 Å². The molecule has 3 heterocycles. The Labute approximate surface area is 295 Å². The van der Waals surface area contributed by atoms with E-state index in [4.69, 9.17) is 22.3 Å². The number of allylic oxidation sites excluding steroid dienone is 1. The van der Waals surface area contributed by atoms with Crippen LogP contribution in [0.15, 0.2) is 122 Å². The molecule has 0 saturated heterocycles. The van der Waals surface area contributed by atoms with Crippen molar-refractivity contribution in [1.82, 2.24) is 9.97 Å². The first-order valence-electron chi connectivity index (χ1n) is 15.5. The number of amides is 2. The molecule has 0 unspecified atom stereocenters. The molecule has 0 fully saturated rings. The first kappa shape index (κ1) is 35.8. The average Bonchev–Trinajstić information content (AvgIpc) is 3.88. The number of ether oxygens (including phenoxy) is 1. The Morgan fingerprint density at radius 3 is 1.65 bits per heavy atom. The minimum Gasteiger partial charge on any atom is -0.478 e. The number of hydrogen-bond donors (Lipinski definition) is 6. The van der Waals surface area contributed by atoms with Gasteiger partial charge in [-0.25, -0.2) is 14.4 Å². The van der Waals surface area contributed by atoms with E-state index in [1.807, 2.05) is 72.8 Å². The van der Waals surface area contributed by atoms with Gasteiger partial charge in [-0.3, -0.25) is 14.4 Å². The maximum absolute atomic E-state index is 11.8. The van der Waals surface area contributed by atoms with Gasteiger partial charge < -0.3 is 37.0 Å². The molecule has 0 radical (unpaired) electrons. The fraction of sp³-hybridized carbons (Fsp3) is 0.0256. The average molecular weight is 698 g/mol. The molecule has 7 rings (SSSR count). The Balaban J connectivity index is 0.000000174. The number of cyclic esters (lactones) is 2. The molecule has 1 aliphatic rings. The van der Waals surface area contributed by atoms with E-state index in [0.29, 0.717) is 22.3 Å². The van der Waals surface area contributed by atoms with Crippen molar-refractivity contribution in [3.05, 3.63) is 138 Å². The maximum atomic E-state index is 11.8. The molecule has 52 heavy (non-hydrogen) atoms. The molecule has 2 aromatic heterocycles. The van der Waals surface area contributed by atoms with Crippen LogP contribution < -0.4 is 17.2 Å². The third-order valence-corrected chi connectivity index (χ3v) is 7.76. The molecule has 13 nitrogen and oxygen atoms in total. The number of H-pyrrole nitrogens is 2. The summed E-state index contributed by atoms with van der Waals surface area (Å²) in [4.78, 5) is 71.2. The number of ketones is 1. The van der Waals surface area contributed by atoms with Crippen molar-refractivity contribution in [2.24, 2.45) is 11.5 Å². The quantitative estimate of drug-likeness (QED) is 0.0551. The lowest BCUT2D eigenvalue weighted by molar-refractivity contribution is -0.150. The maximum Gasteiger partial charge on any atom is 0.338 e. The highest BCUT2D eigenvalue weighted by Crippen LogP contribution is 2.32. The summed E-state index contributed by atoms with van der Waals surface area (Å²) >= 11 is 0. The van der Waals surface area contributed by atoms with Gasteiger partial charge in [-0.05, 0) is 70.3 Å². The Morgan fingerprint density at radius 1 is 0.673 bits per heavy atom. The largest absolute Gasteiger partial charge is 0.478 e. The molecule has 0 atom stereocenters. The lowest BCUT2D eigenvalue weighted by Crippen LogP contribution is -2.11. The Hall–Kier alpha value is -7.54. The smallest absolute Gasteiger partial charge is 0.338 e. The highest BCUT2D eigenvalue weighted by Gasteiger charge is 2.14. The van der Waals surface area contributed by atoms with E-state index in [2.05, 4.69) is 14.7 Å². The number of anilines is 1. The molecule has 0 spiro atoms. The van der Waals surface area contributed by atoms with E-state index in [1.165, 1.54) is 0 Å². The number of nitrogen functional groups attached to an aromatic ring is 1. The Kier molecular flexibility index (Phi) is 10.9. The lowest BCUT2D eigenvalue weighted by Gasteiger charge is -2.08. The van der Waals surface area contributed by atoms with Crippen LogP contribution in [0, 0.1) is 0 Å². The number of nitrogens with one attached hydrogen (secondary N) is 2. The van der Waals surface area contributed by atoms with Crippen molar-refractivity contribution in [2.75, 3.05) is 5.73 Å². The summed E-state index contributed by atoms with van der Waals surface area (Å²) in [6.45, 7) is 0. The zero-order valence-electron chi connectivity index (χ0n) is 27.3. The number of rotatable bonds is 8. The van der Waals surface area contributed by atoms with Gasteiger partial charge in [0.15, 0.2) is 5.78 Å². The van der Waals surface area contributed by atoms with E-state index in [0.717, 1.165) is 68.4 Å². The zero-order valence-corrected chi connectivity index (χ0v) is 27.3. The van der Waals surface area contributed by atoms with Crippen LogP contribution in [0.5, 0.6) is 0 Å². The molecule has 0 aliphatic carbocycles. The predicted molar refractivity (Wildman–Crippen MR) is 195 cm³/mol. The molecule has 0 bridgehead atoms. The predicted octanol–water partition coefficient (Wildman–Crippen LogP) is 4.83. The van der Waals surface area contributed by atoms with E-state index < -0.39 is 29.7 Å². The molecular formula is C39H31N5O8. The van der Waals surface area contributed by atoms with E-state index in [9.17, 15) is 28.8 Å². The van der Waals surface area contributed by atoms with Crippen LogP contribution in [-0.2, 0) is 30.3 Å². The summed E-state index contributed by atoms with van der Waals surface area (Å²) in [6, 6.07) is 26.0. The number of carbonyl (C=O) groups is 6. The number of aromatic amines is 2. The summed E-state index contributed by atoms with van der Waals surface area (Å²) < 4.78 is 3.97. The number of benzene rings is 4. The third kappa shape index (κ3) is 8.54. The van der Waals surface area contributed by atoms with E-state index in [-0.39, 0.29) is 12.2 Å². The van der Waals surface area contributed by atoms with Crippen molar-refractivity contribution in [1.29, 1.82) is 0 Å². The van der Waals surface area contributed by atoms with Gasteiger partial charge in [0.1, 0.15) is 0 Å². The van der Waals surface area contributed by atoms with Crippen molar-refractivity contribution < 1.29 is 38.6 Å². The highest BCUT2D eigenvalue weighted by molar-refractivity contribution is 6.10. The van der Waals surface area contributed by atoms with Crippen molar-refractivity contribution in [3.63, 3.8) is 0 Å². The third-order valence-electron chi connectivity index (χ3n) is 7.76. The topological polar surface area (TPSA) is 242 Å². The van der Waals surface area contributed by atoms with Crippen LogP contribution in [0.3, 0.4) is 0 Å². The number of carbonyl (C=O) groups excluding carboxylic acids is 5. The molecule has 9 N–H and O–H groups in total. The number of carboxylic acid groups (broad SMARTS) is 1. The van der Waals surface area contributed by atoms with Gasteiger partial charge in [0.2, 0.25) is 0 Å². The second-order valence-electron chi connectivity index (χ2n) is 11.3. The second-order valence-corrected chi connectivity index (χ2v) is 11.3. The Morgan fingerprint density at radius 2 is 1.19 bits per heavy atom. The van der Waals surface area contributed by atoms with E-state index >= 15 is 0 Å². The van der Waals surface area contributed by atoms with Crippen molar-refractivity contribution in [3.8, 4) is 22.3 Å². The summed E-state index contributed by atoms with van der Waals surface area (Å²) in [5.74, 6) is -3.55. The summed E-state index contributed by atoms with van der Waals surface area (Å²) in [7, 11) is 0. The molecule has 13 heteroatoms. The Bertz CT molecular complexity index is 2420. The monoisotopic (exact) mass is 697 g/mol. The number of fused-ring (bicyclic) bond motifs is 2. The normalized spacial score (nSPS) is 11.8. The first-order chi connectivity index (χ1) is 24.9. The molecule has 6 aromatic rings. The minimum atomic E-state index is -1.16. The SMILES string of the molecule is NC(=O)c1ccc(-c2cccc(CC(=O)/C=C\C(=O)O)c2)c2cc[nH]c12.NC(=O)c1ccc(-c2cccc(N)c2)c2cc[nH]c12.O=C1C=CC(=O)O1. The fourth-order valence-electron chi connectivity index (χ4n) is 5.51. The number of primary amides is 2.